The van der Waals surface area contributed by atoms with Crippen LogP contribution >= 0.6 is 0 Å². The fourth-order valence-electron chi connectivity index (χ4n) is 11.4. The number of carbonyl (C=O) groups is 2. The first-order chi connectivity index (χ1) is 62.4. The molecule has 11 rings (SSSR count). The summed E-state index contributed by atoms with van der Waals surface area (Å²) in [7, 11) is -2.04. The Balaban J connectivity index is -0.000000142. The van der Waals surface area contributed by atoms with E-state index in [9.17, 15) is 9.59 Å². The van der Waals surface area contributed by atoms with Crippen molar-refractivity contribution < 1.29 is 379 Å². The van der Waals surface area contributed by atoms with Crippen LogP contribution in [0.25, 0.3) is 0 Å². The van der Waals surface area contributed by atoms with Crippen molar-refractivity contribution in [3.8, 4) is 0 Å². The van der Waals surface area contributed by atoms with Crippen molar-refractivity contribution in [3.63, 3.8) is 0 Å². The van der Waals surface area contributed by atoms with E-state index in [1.165, 1.54) is 45.8 Å². The van der Waals surface area contributed by atoms with Crippen LogP contribution in [0.15, 0.2) is 181 Å². The van der Waals surface area contributed by atoms with Crippen LogP contribution in [-0.2, 0) is 319 Å². The summed E-state index contributed by atoms with van der Waals surface area (Å²) in [5, 5.41) is 82.0. The van der Waals surface area contributed by atoms with Crippen molar-refractivity contribution in [2.24, 2.45) is 0 Å². The quantitative estimate of drug-likeness (QED) is 0.0187. The smallest absolute Gasteiger partial charge is 0.439 e. The molecule has 21 atom stereocenters. The number of benzene rings is 4. The Morgan fingerprint density at radius 1 is 0.324 bits per heavy atom. The molecule has 0 aliphatic carbocycles. The van der Waals surface area contributed by atoms with Crippen LogP contribution in [0.1, 0.15) is 128 Å². The van der Waals surface area contributed by atoms with E-state index in [0.29, 0.717) is 65.0 Å². The van der Waals surface area contributed by atoms with Crippen LogP contribution in [0.3, 0.4) is 0 Å². The second-order valence-corrected chi connectivity index (χ2v) is 30.6. The molecule has 0 spiro atoms. The minimum Gasteiger partial charge on any atom is -0.439 e. The molecule has 0 amide bonds. The first-order valence-electron chi connectivity index (χ1n) is 45.0. The molecule has 7 heterocycles. The SMILES string of the molecule is CB(O)O.CB(O)O.COB(C)C.COB(C)O.[CH2-][C@H]1O[C@@H](C)C[C@H]1OC(=O)OCC.[CH2-][C@H]1O[C@@H](C)C[C@H]1OC(=O)OCC.[CH2-][C@H]1O[C@@H](C)C[C@H]1OC/C(C)=C\B(O)O.[CH2-][C@H]1O[C@@H](C)C[C@H]1OC/C=C\B(O)O.[CH2-][C@H]1O[C@@H](C)C[C@H]1OC/C=C\B(O)OC.[CH2-][C@H]1O[C@@H](C)C[C@H]1OCC.[CH2-][C@H]1O[C@@H](C)C[C@H]1OCC.[Y].[Y].[Y].[Y].[Y].[Y].[Y].c1ccccc1.c1ccccc1.c1ccccc1.c1ccccc1. The Morgan fingerprint density at radius 2 is 0.525 bits per heavy atom. The molecule has 7 radical (unpaired) electrons. The molecule has 45 heteroatoms. The first kappa shape index (κ1) is 163. The summed E-state index contributed by atoms with van der Waals surface area (Å²) in [5.74, 6) is 4.14. The van der Waals surface area contributed by atoms with E-state index >= 15 is 0 Å². The molecule has 7 fully saturated rings. The van der Waals surface area contributed by atoms with Gasteiger partial charge in [-0.2, -0.15) is 0 Å². The third kappa shape index (κ3) is 105. The molecule has 0 saturated carbocycles. The van der Waals surface area contributed by atoms with Gasteiger partial charge in [0.25, 0.3) is 6.92 Å². The maximum atomic E-state index is 10.9. The molecule has 4 aromatic rings. The van der Waals surface area contributed by atoms with E-state index in [4.69, 9.17) is 121 Å². The van der Waals surface area contributed by atoms with Crippen molar-refractivity contribution in [1.29, 1.82) is 0 Å². The molecule has 0 bridgehead atoms. The minimum atomic E-state index is -1.41. The Bertz CT molecular complexity index is 2960. The average Bonchev–Trinajstić information content (AvgIpc) is 1.75. The van der Waals surface area contributed by atoms with Gasteiger partial charge in [-0.3, -0.25) is 0 Å². The molecule has 7 saturated heterocycles. The van der Waals surface area contributed by atoms with Gasteiger partial charge in [-0.15, -0.1) is 0 Å². The number of hydrogen-bond acceptors (Lipinski definition) is 31. The molecule has 0 aromatic heterocycles. The van der Waals surface area contributed by atoms with Gasteiger partial charge in [0.1, 0.15) is 12.2 Å². The van der Waals surface area contributed by atoms with E-state index in [2.05, 4.69) is 81.1 Å². The fourth-order valence-corrected chi connectivity index (χ4v) is 11.4. The monoisotopic (exact) mass is 2490 g/mol. The molecular formula is C94H162B7O31Y7-7. The van der Waals surface area contributed by atoms with E-state index in [0.717, 1.165) is 50.9 Å². The molecule has 4 aromatic carbocycles. The molecule has 139 heavy (non-hydrogen) atoms. The summed E-state index contributed by atoms with van der Waals surface area (Å²) in [6.07, 6.45) is 8.45. The zero-order valence-corrected chi connectivity index (χ0v) is 106. The van der Waals surface area contributed by atoms with Gasteiger partial charge in [0.2, 0.25) is 0 Å². The molecule has 7 aliphatic heterocycles. The van der Waals surface area contributed by atoms with E-state index in [1.807, 2.05) is 208 Å². The van der Waals surface area contributed by atoms with E-state index in [1.54, 1.807) is 46.9 Å². The molecule has 7 aliphatic rings. The predicted molar refractivity (Wildman–Crippen MR) is 525 cm³/mol. The average molecular weight is 2490 g/mol. The van der Waals surface area contributed by atoms with E-state index in [-0.39, 0.29) is 345 Å². The number of ether oxygens (including phenoxy) is 16. The second-order valence-electron chi connectivity index (χ2n) is 30.6. The maximum Gasteiger partial charge on any atom is 0.508 e. The summed E-state index contributed by atoms with van der Waals surface area (Å²) < 4.78 is 98.0. The van der Waals surface area contributed by atoms with Crippen molar-refractivity contribution in [3.05, 3.63) is 230 Å². The Labute approximate surface area is 1010 Å². The number of carbonyl (C=O) groups excluding carboxylic acids is 2. The topological polar surface area (TPSA) is 412 Å². The zero-order chi connectivity index (χ0) is 101. The zero-order valence-electron chi connectivity index (χ0n) is 86.3. The third-order valence-corrected chi connectivity index (χ3v) is 17.6. The van der Waals surface area contributed by atoms with Crippen LogP contribution < -0.4 is 0 Å². The van der Waals surface area contributed by atoms with Gasteiger partial charge in [0, 0.05) is 276 Å². The molecule has 0 unspecified atom stereocenters. The van der Waals surface area contributed by atoms with Gasteiger partial charge in [0.15, 0.2) is 0 Å². The molecular weight excluding hydrogens is 2320 g/mol. The van der Waals surface area contributed by atoms with Gasteiger partial charge >= 0.3 is 55.0 Å². The summed E-state index contributed by atoms with van der Waals surface area (Å²) in [6, 6.07) is 48.0. The van der Waals surface area contributed by atoms with Crippen LogP contribution in [-0.4, -0.2) is 308 Å². The van der Waals surface area contributed by atoms with Crippen molar-refractivity contribution in [2.75, 3.05) is 67.6 Å². The third-order valence-electron chi connectivity index (χ3n) is 17.6. The van der Waals surface area contributed by atoms with Gasteiger partial charge in [-0.25, -0.2) is 9.59 Å². The normalized spacial score (nSPS) is 24.5. The number of rotatable bonds is 23. The van der Waals surface area contributed by atoms with Crippen molar-refractivity contribution in [2.45, 2.75) is 290 Å². The Hall–Kier alpha value is 1.82. The van der Waals surface area contributed by atoms with Crippen molar-refractivity contribution in [1.82, 2.24) is 0 Å². The van der Waals surface area contributed by atoms with Crippen LogP contribution in [0.4, 0.5) is 9.59 Å². The summed E-state index contributed by atoms with van der Waals surface area (Å²) >= 11 is 0. The van der Waals surface area contributed by atoms with Gasteiger partial charge in [-0.1, -0.05) is 195 Å². The first-order valence-corrected chi connectivity index (χ1v) is 45.0. The second kappa shape index (κ2) is 110. The molecule has 31 nitrogen and oxygen atoms in total. The summed E-state index contributed by atoms with van der Waals surface area (Å²) in [6.45, 7) is 61.6. The Kier molecular flexibility index (Phi) is 129. The largest absolute Gasteiger partial charge is 0.508 e. The van der Waals surface area contributed by atoms with Crippen LogP contribution in [0.2, 0.25) is 34.1 Å². The Morgan fingerprint density at radius 3 is 0.691 bits per heavy atom. The van der Waals surface area contributed by atoms with Crippen molar-refractivity contribution >= 4 is 61.9 Å². The molecule has 773 valence electrons. The number of hydrogen-bond donors (Lipinski definition) is 10. The standard InChI is InChI=1S/2C10H18BO4.C9H16BO4.2C9H15O4.2C8H15O2.4C6H6.C3H9BO.C2H7BO2.2CH5BO2.7Y/c1-7(5-11(12)13)6-14-10-4-8(2)15-9(10)3;1-8-7-10(9(2)15-8)14-6-4-5-11(12)13-3;1-7-6-9(8(2)14-7)13-5-3-4-10(11)12;2*1-4-11-9(10)13-8-5-6(2)12-7(8)3;2*1-4-9-8-5-6(2)10-7(8)3;4*1-2-4-6-5-3-1;1-4(2)5-3;1-3(4)5-2;2*1-2(3)4;;;;;;;/h5,8-10,12-13H,3-4,6H2,1-2H3;4-5,8-10,12H,2,6-7H2,1,3H3;3-4,7-9,11-12H,2,5-6H2,1H3;2*6-8H,3-5H2,1-2H3;2*6-8H,3-5H2,1-2H3;4*1-6H;1-3H3;4H,1-2H3;2*3-4H,1H3;;;;;;;/q7*-1;;;;;;;;;;;;;;;/b7-5-;5-4-;4-3-;;;;;;;;;;;;;;;;;;;/t2*8-,9+,10+;7-,8+,9+;4*6-,7+,8+;;;;;;;;;;;;;;;/m0000000.............../s1. The van der Waals surface area contributed by atoms with Crippen LogP contribution in [0.5, 0.6) is 0 Å². The van der Waals surface area contributed by atoms with E-state index < -0.39 is 55.0 Å². The van der Waals surface area contributed by atoms with Gasteiger partial charge in [-0.05, 0) is 178 Å². The van der Waals surface area contributed by atoms with Gasteiger partial charge < -0.3 is 188 Å². The van der Waals surface area contributed by atoms with Gasteiger partial charge in [0.05, 0.1) is 106 Å². The predicted octanol–water partition coefficient (Wildman–Crippen LogP) is 12.3. The fraction of sp³-hybridized carbons (Fsp3) is 0.585. The summed E-state index contributed by atoms with van der Waals surface area (Å²) in [4.78, 5) is 21.8. The van der Waals surface area contributed by atoms with Crippen LogP contribution in [0, 0.1) is 48.5 Å². The summed E-state index contributed by atoms with van der Waals surface area (Å²) in [5.41, 5.74) is 0.789. The molecule has 10 N–H and O–H groups in total. The maximum absolute atomic E-state index is 10.9. The minimum absolute atomic E-state index is 0.